The van der Waals surface area contributed by atoms with E-state index >= 15 is 0 Å². The highest BCUT2D eigenvalue weighted by molar-refractivity contribution is 5.88. The lowest BCUT2D eigenvalue weighted by molar-refractivity contribution is -0.142. The summed E-state index contributed by atoms with van der Waals surface area (Å²) in [5.74, 6) is 0.967. The second-order valence-electron chi connectivity index (χ2n) is 15.6. The number of nitrogens with zero attached hydrogens (tertiary/aromatic N) is 4. The van der Waals surface area contributed by atoms with Gasteiger partial charge in [-0.1, -0.05) is 98.8 Å². The Balaban J connectivity index is 0.927. The molecule has 14 heteroatoms. The molecule has 0 bridgehead atoms. The molecule has 6 aromatic rings. The third kappa shape index (κ3) is 8.05. The Labute approximate surface area is 347 Å². The number of nitrogens with one attached hydrogen (secondary N) is 4. The number of amides is 4. The van der Waals surface area contributed by atoms with E-state index in [2.05, 4.69) is 81.3 Å². The van der Waals surface area contributed by atoms with Gasteiger partial charge in [0, 0.05) is 13.1 Å². The fraction of sp³-hybridized carbons (Fsp3) is 0.304. The fourth-order valence-electron chi connectivity index (χ4n) is 8.12. The Kier molecular flexibility index (Phi) is 11.4. The molecule has 2 aliphatic rings. The van der Waals surface area contributed by atoms with Gasteiger partial charge in [-0.05, 0) is 70.7 Å². The van der Waals surface area contributed by atoms with Crippen molar-refractivity contribution in [3.8, 4) is 33.5 Å². The number of methoxy groups -OCH3 is 2. The summed E-state index contributed by atoms with van der Waals surface area (Å²) in [6.45, 7) is 4.94. The van der Waals surface area contributed by atoms with Crippen molar-refractivity contribution in [2.24, 2.45) is 5.92 Å². The van der Waals surface area contributed by atoms with Crippen molar-refractivity contribution in [1.29, 1.82) is 0 Å². The minimum atomic E-state index is -0.879. The van der Waals surface area contributed by atoms with Gasteiger partial charge in [0.25, 0.3) is 5.91 Å². The summed E-state index contributed by atoms with van der Waals surface area (Å²) >= 11 is 0. The number of hydrogen-bond donors (Lipinski definition) is 4. The molecule has 0 unspecified atom stereocenters. The third-order valence-electron chi connectivity index (χ3n) is 11.5. The number of aromatic amines is 2. The summed E-state index contributed by atoms with van der Waals surface area (Å²) in [5.41, 5.74) is 8.44. The average Bonchev–Trinajstić information content (AvgIpc) is 4.04. The van der Waals surface area contributed by atoms with Gasteiger partial charge in [0.05, 0.1) is 49.2 Å². The van der Waals surface area contributed by atoms with Gasteiger partial charge >= 0.3 is 12.2 Å². The fourth-order valence-corrected chi connectivity index (χ4v) is 8.12. The molecule has 0 aliphatic carbocycles. The molecular formula is C46H48N8O6. The van der Waals surface area contributed by atoms with Gasteiger partial charge < -0.3 is 39.9 Å². The molecule has 0 saturated carbocycles. The summed E-state index contributed by atoms with van der Waals surface area (Å²) in [6.07, 6.45) is 2.86. The Bertz CT molecular complexity index is 2500. The van der Waals surface area contributed by atoms with E-state index in [-0.39, 0.29) is 29.8 Å². The number of benzene rings is 4. The van der Waals surface area contributed by atoms with E-state index in [1.807, 2.05) is 50.2 Å². The van der Waals surface area contributed by atoms with Crippen LogP contribution in [0.15, 0.2) is 103 Å². The van der Waals surface area contributed by atoms with Crippen LogP contribution in [0.3, 0.4) is 0 Å². The molecule has 4 aromatic carbocycles. The van der Waals surface area contributed by atoms with Crippen LogP contribution in [-0.4, -0.2) is 87.1 Å². The summed E-state index contributed by atoms with van der Waals surface area (Å²) < 4.78 is 9.57. The average molecular weight is 809 g/mol. The highest BCUT2D eigenvalue weighted by Gasteiger charge is 2.40. The van der Waals surface area contributed by atoms with Crippen LogP contribution in [0.2, 0.25) is 0 Å². The number of hydrogen-bond acceptors (Lipinski definition) is 8. The van der Waals surface area contributed by atoms with Crippen LogP contribution in [-0.2, 0) is 19.1 Å². The van der Waals surface area contributed by atoms with Crippen LogP contribution in [0, 0.1) is 5.92 Å². The molecule has 2 aliphatic heterocycles. The Morgan fingerprint density at radius 1 is 0.683 bits per heavy atom. The van der Waals surface area contributed by atoms with Gasteiger partial charge in [-0.15, -0.1) is 0 Å². The SMILES string of the molecule is COC(=O)N[C@H](C(=O)N1CC[C@H]1c1nc2ccc(-c3ccc(-c4ccc(-c5cnc([C@@H]6CCCN6C(=O)[C@H](NC(=O)OC)c6ccccc6)[nH]5)cc4)cc3)cc2[nH]1)C(C)C. The Morgan fingerprint density at radius 2 is 1.28 bits per heavy atom. The van der Waals surface area contributed by atoms with Crippen molar-refractivity contribution in [1.82, 2.24) is 40.4 Å². The molecular weight excluding hydrogens is 761 g/mol. The lowest BCUT2D eigenvalue weighted by Crippen LogP contribution is -2.56. The largest absolute Gasteiger partial charge is 0.453 e. The second-order valence-corrected chi connectivity index (χ2v) is 15.6. The Morgan fingerprint density at radius 3 is 1.92 bits per heavy atom. The van der Waals surface area contributed by atoms with Crippen LogP contribution in [0.1, 0.15) is 68.4 Å². The van der Waals surface area contributed by atoms with Gasteiger partial charge in [-0.25, -0.2) is 19.6 Å². The second kappa shape index (κ2) is 17.1. The molecule has 308 valence electrons. The van der Waals surface area contributed by atoms with Crippen LogP contribution >= 0.6 is 0 Å². The van der Waals surface area contributed by atoms with Gasteiger partial charge in [-0.2, -0.15) is 0 Å². The number of imidazole rings is 2. The zero-order valence-corrected chi connectivity index (χ0v) is 34.0. The number of likely N-dealkylation sites (tertiary alicyclic amines) is 2. The maximum Gasteiger partial charge on any atom is 0.407 e. The predicted octanol–water partition coefficient (Wildman–Crippen LogP) is 7.70. The smallest absolute Gasteiger partial charge is 0.407 e. The van der Waals surface area contributed by atoms with E-state index in [1.54, 1.807) is 16.0 Å². The number of ether oxygens (including phenoxy) is 2. The minimum absolute atomic E-state index is 0.104. The molecule has 8 rings (SSSR count). The number of alkyl carbamates (subject to hydrolysis) is 2. The topological polar surface area (TPSA) is 175 Å². The number of H-pyrrole nitrogens is 2. The molecule has 2 aromatic heterocycles. The van der Waals surface area contributed by atoms with Crippen molar-refractivity contribution in [2.75, 3.05) is 27.3 Å². The van der Waals surface area contributed by atoms with Crippen LogP contribution in [0.25, 0.3) is 44.5 Å². The van der Waals surface area contributed by atoms with E-state index < -0.39 is 24.3 Å². The van der Waals surface area contributed by atoms with Crippen molar-refractivity contribution in [3.63, 3.8) is 0 Å². The van der Waals surface area contributed by atoms with Crippen molar-refractivity contribution >= 4 is 35.0 Å². The molecule has 2 saturated heterocycles. The summed E-state index contributed by atoms with van der Waals surface area (Å²) in [4.78, 5) is 71.4. The number of carbonyl (C=O) groups is 4. The zero-order valence-electron chi connectivity index (χ0n) is 34.0. The van der Waals surface area contributed by atoms with Crippen LogP contribution in [0.5, 0.6) is 0 Å². The summed E-state index contributed by atoms with van der Waals surface area (Å²) in [7, 11) is 2.57. The predicted molar refractivity (Wildman–Crippen MR) is 226 cm³/mol. The first kappa shape index (κ1) is 39.8. The van der Waals surface area contributed by atoms with Gasteiger partial charge in [0.2, 0.25) is 5.91 Å². The highest BCUT2D eigenvalue weighted by atomic mass is 16.5. The number of rotatable bonds is 11. The first-order valence-corrected chi connectivity index (χ1v) is 20.2. The molecule has 14 nitrogen and oxygen atoms in total. The number of aromatic nitrogens is 4. The molecule has 4 heterocycles. The maximum atomic E-state index is 13.9. The van der Waals surface area contributed by atoms with Gasteiger partial charge in [0.15, 0.2) is 0 Å². The molecule has 0 spiro atoms. The summed E-state index contributed by atoms with van der Waals surface area (Å²) in [5, 5.41) is 5.39. The zero-order chi connectivity index (χ0) is 41.9. The normalized spacial score (nSPS) is 17.2. The van der Waals surface area contributed by atoms with Gasteiger partial charge in [0.1, 0.15) is 23.7 Å². The number of fused-ring (bicyclic) bond motifs is 1. The molecule has 2 fully saturated rings. The molecule has 60 heavy (non-hydrogen) atoms. The monoisotopic (exact) mass is 808 g/mol. The minimum Gasteiger partial charge on any atom is -0.453 e. The van der Waals surface area contributed by atoms with E-state index in [1.165, 1.54) is 14.2 Å². The van der Waals surface area contributed by atoms with Crippen molar-refractivity contribution in [2.45, 2.75) is 57.3 Å². The van der Waals surface area contributed by atoms with E-state index in [0.29, 0.717) is 24.5 Å². The first-order chi connectivity index (χ1) is 29.1. The third-order valence-corrected chi connectivity index (χ3v) is 11.5. The van der Waals surface area contributed by atoms with E-state index in [4.69, 9.17) is 19.4 Å². The molecule has 4 amide bonds. The number of carbonyl (C=O) groups excluding carboxylic acids is 4. The first-order valence-electron chi connectivity index (χ1n) is 20.2. The Hall–Kier alpha value is -6.96. The van der Waals surface area contributed by atoms with Crippen LogP contribution in [0.4, 0.5) is 9.59 Å². The summed E-state index contributed by atoms with van der Waals surface area (Å²) in [6, 6.07) is 30.0. The standard InChI is InChI=1S/C46H48N8O6/c1-27(2)39(51-45(57)59-3)43(55)54-24-22-38(54)42-48-34-21-20-33(25-35(34)49-42)30-14-12-28(13-15-30)29-16-18-31(19-17-29)36-26-47-41(50-36)37-11-8-23-53(37)44(56)40(52-46(58)60-4)32-9-6-5-7-10-32/h5-7,9-10,12-21,25-27,37-40H,8,11,22-24H2,1-4H3,(H,47,50)(H,48,49)(H,51,57)(H,52,58)/t37-,38-,39-,40+/m0/s1. The van der Waals surface area contributed by atoms with Crippen molar-refractivity contribution in [3.05, 3.63) is 120 Å². The van der Waals surface area contributed by atoms with E-state index in [9.17, 15) is 19.2 Å². The molecule has 4 atom stereocenters. The molecule has 4 N–H and O–H groups in total. The maximum absolute atomic E-state index is 13.9. The van der Waals surface area contributed by atoms with E-state index in [0.717, 1.165) is 69.6 Å². The quantitative estimate of drug-likeness (QED) is 0.103. The highest BCUT2D eigenvalue weighted by Crippen LogP contribution is 2.36. The van der Waals surface area contributed by atoms with Crippen LogP contribution < -0.4 is 10.6 Å². The lowest BCUT2D eigenvalue weighted by Gasteiger charge is -2.42. The van der Waals surface area contributed by atoms with Crippen molar-refractivity contribution < 1.29 is 28.7 Å². The molecule has 0 radical (unpaired) electrons. The lowest BCUT2D eigenvalue weighted by atomic mass is 9.96. The van der Waals surface area contributed by atoms with Gasteiger partial charge in [-0.3, -0.25) is 9.59 Å².